The van der Waals surface area contributed by atoms with Crippen molar-refractivity contribution in [3.63, 3.8) is 0 Å². The van der Waals surface area contributed by atoms with Crippen molar-refractivity contribution < 1.29 is 0 Å². The molecular weight excluding hydrogens is 164 g/mol. The lowest BCUT2D eigenvalue weighted by atomic mass is 10.6. The van der Waals surface area contributed by atoms with Crippen molar-refractivity contribution >= 4 is 18.4 Å². The third-order valence-electron chi connectivity index (χ3n) is 1.29. The number of thiol groups is 1. The fourth-order valence-corrected chi connectivity index (χ4v) is 1.08. The highest BCUT2D eigenvalue weighted by Gasteiger charge is 1.98. The van der Waals surface area contributed by atoms with Crippen LogP contribution in [0.3, 0.4) is 0 Å². The van der Waals surface area contributed by atoms with Crippen molar-refractivity contribution in [1.82, 2.24) is 19.6 Å². The SMILES string of the molecule is O=c1cc(S)n2cnnc2[nH]1. The highest BCUT2D eigenvalue weighted by atomic mass is 32.1. The standard InChI is InChI=1S/C5H4N4OS/c10-3-1-4(11)9-2-6-8-5(9)7-3/h1-2,11H,(H,7,8,10). The largest absolute Gasteiger partial charge is 0.291 e. The molecule has 0 aliphatic heterocycles. The normalized spacial score (nSPS) is 10.6. The van der Waals surface area contributed by atoms with Gasteiger partial charge in [-0.3, -0.25) is 14.2 Å². The van der Waals surface area contributed by atoms with E-state index in [1.165, 1.54) is 12.4 Å². The lowest BCUT2D eigenvalue weighted by Crippen LogP contribution is -2.07. The Balaban J connectivity index is 3.02. The van der Waals surface area contributed by atoms with Crippen LogP contribution in [0.15, 0.2) is 22.2 Å². The van der Waals surface area contributed by atoms with Crippen molar-refractivity contribution in [2.75, 3.05) is 0 Å². The van der Waals surface area contributed by atoms with Crippen molar-refractivity contribution in [3.05, 3.63) is 22.7 Å². The average molecular weight is 168 g/mol. The number of fused-ring (bicyclic) bond motifs is 1. The van der Waals surface area contributed by atoms with Gasteiger partial charge in [-0.15, -0.1) is 22.8 Å². The molecule has 0 unspecified atom stereocenters. The summed E-state index contributed by atoms with van der Waals surface area (Å²) in [5, 5.41) is 7.77. The molecule has 0 spiro atoms. The van der Waals surface area contributed by atoms with E-state index in [2.05, 4.69) is 27.8 Å². The molecule has 6 heteroatoms. The molecule has 0 aliphatic rings. The van der Waals surface area contributed by atoms with Crippen LogP contribution in [0.2, 0.25) is 0 Å². The number of rotatable bonds is 0. The molecule has 11 heavy (non-hydrogen) atoms. The minimum absolute atomic E-state index is 0.226. The van der Waals surface area contributed by atoms with Gasteiger partial charge in [-0.05, 0) is 0 Å². The molecule has 0 aromatic carbocycles. The molecule has 0 saturated heterocycles. The molecule has 2 aromatic heterocycles. The second-order valence-electron chi connectivity index (χ2n) is 2.02. The Bertz CT molecular complexity index is 445. The van der Waals surface area contributed by atoms with E-state index in [1.807, 2.05) is 0 Å². The van der Waals surface area contributed by atoms with Gasteiger partial charge < -0.3 is 0 Å². The van der Waals surface area contributed by atoms with E-state index in [-0.39, 0.29) is 5.56 Å². The van der Waals surface area contributed by atoms with E-state index >= 15 is 0 Å². The molecule has 0 aliphatic carbocycles. The summed E-state index contributed by atoms with van der Waals surface area (Å²) in [7, 11) is 0. The molecule has 2 rings (SSSR count). The van der Waals surface area contributed by atoms with Crippen LogP contribution in [0.4, 0.5) is 0 Å². The maximum Gasteiger partial charge on any atom is 0.253 e. The van der Waals surface area contributed by atoms with Gasteiger partial charge in [0.2, 0.25) is 5.78 Å². The number of hydrogen-bond acceptors (Lipinski definition) is 4. The minimum Gasteiger partial charge on any atom is -0.291 e. The van der Waals surface area contributed by atoms with Crippen molar-refractivity contribution in [1.29, 1.82) is 0 Å². The topological polar surface area (TPSA) is 63.1 Å². The highest BCUT2D eigenvalue weighted by Crippen LogP contribution is 2.01. The molecule has 56 valence electrons. The Kier molecular flexibility index (Phi) is 1.22. The maximum absolute atomic E-state index is 10.8. The van der Waals surface area contributed by atoms with Gasteiger partial charge in [-0.25, -0.2) is 0 Å². The van der Waals surface area contributed by atoms with Crippen molar-refractivity contribution in [2.24, 2.45) is 0 Å². The quantitative estimate of drug-likeness (QED) is 0.419. The molecule has 2 heterocycles. The van der Waals surface area contributed by atoms with E-state index in [1.54, 1.807) is 4.40 Å². The number of aromatic amines is 1. The first-order chi connectivity index (χ1) is 5.27. The molecule has 1 N–H and O–H groups in total. The Labute approximate surface area is 66.5 Å². The molecule has 0 fully saturated rings. The van der Waals surface area contributed by atoms with Gasteiger partial charge in [0.05, 0.1) is 5.03 Å². The fourth-order valence-electron chi connectivity index (χ4n) is 0.821. The van der Waals surface area contributed by atoms with Crippen LogP contribution in [0.1, 0.15) is 0 Å². The highest BCUT2D eigenvalue weighted by molar-refractivity contribution is 7.80. The molecule has 0 atom stereocenters. The van der Waals surface area contributed by atoms with Gasteiger partial charge in [0.15, 0.2) is 0 Å². The van der Waals surface area contributed by atoms with Crippen LogP contribution in [0, 0.1) is 0 Å². The number of nitrogens with zero attached hydrogens (tertiary/aromatic N) is 3. The molecule has 2 aromatic rings. The monoisotopic (exact) mass is 168 g/mol. The number of H-pyrrole nitrogens is 1. The van der Waals surface area contributed by atoms with E-state index in [0.717, 1.165) is 0 Å². The lowest BCUT2D eigenvalue weighted by Gasteiger charge is -1.93. The fraction of sp³-hybridized carbons (Fsp3) is 0. The summed E-state index contributed by atoms with van der Waals surface area (Å²) < 4.78 is 1.57. The molecule has 0 amide bonds. The van der Waals surface area contributed by atoms with Crippen LogP contribution < -0.4 is 5.56 Å². The summed E-state index contributed by atoms with van der Waals surface area (Å²) in [5.74, 6) is 0.405. The molecule has 0 saturated carbocycles. The van der Waals surface area contributed by atoms with Crippen molar-refractivity contribution in [3.8, 4) is 0 Å². The second kappa shape index (κ2) is 2.09. The number of nitrogens with one attached hydrogen (secondary N) is 1. The molecule has 0 bridgehead atoms. The van der Waals surface area contributed by atoms with E-state index in [9.17, 15) is 4.79 Å². The van der Waals surface area contributed by atoms with Crippen LogP contribution in [0.5, 0.6) is 0 Å². The minimum atomic E-state index is -0.226. The lowest BCUT2D eigenvalue weighted by molar-refractivity contribution is 0.964. The van der Waals surface area contributed by atoms with E-state index in [0.29, 0.717) is 10.8 Å². The van der Waals surface area contributed by atoms with Crippen molar-refractivity contribution in [2.45, 2.75) is 5.03 Å². The Morgan fingerprint density at radius 3 is 3.27 bits per heavy atom. The van der Waals surface area contributed by atoms with Gasteiger partial charge in [0.1, 0.15) is 6.33 Å². The summed E-state index contributed by atoms with van der Waals surface area (Å²) in [6.07, 6.45) is 1.48. The van der Waals surface area contributed by atoms with Crippen LogP contribution in [-0.4, -0.2) is 19.6 Å². The molecule has 0 radical (unpaired) electrons. The van der Waals surface area contributed by atoms with Gasteiger partial charge in [-0.1, -0.05) is 0 Å². The first-order valence-corrected chi connectivity index (χ1v) is 3.34. The van der Waals surface area contributed by atoms with E-state index < -0.39 is 0 Å². The Hall–Kier alpha value is -1.30. The first kappa shape index (κ1) is 6.41. The van der Waals surface area contributed by atoms with Crippen LogP contribution in [-0.2, 0) is 0 Å². The maximum atomic E-state index is 10.8. The summed E-state index contributed by atoms with van der Waals surface area (Å²) in [5.41, 5.74) is -0.226. The summed E-state index contributed by atoms with van der Waals surface area (Å²) in [4.78, 5) is 13.3. The second-order valence-corrected chi connectivity index (χ2v) is 2.47. The average Bonchev–Trinajstić information content (AvgIpc) is 2.34. The van der Waals surface area contributed by atoms with Gasteiger partial charge in [0, 0.05) is 6.07 Å². The number of hydrogen-bond donors (Lipinski definition) is 2. The predicted molar refractivity (Wildman–Crippen MR) is 40.9 cm³/mol. The zero-order valence-corrected chi connectivity index (χ0v) is 6.25. The zero-order valence-electron chi connectivity index (χ0n) is 5.35. The number of aromatic nitrogens is 4. The third-order valence-corrected chi connectivity index (χ3v) is 1.63. The molecule has 5 nitrogen and oxygen atoms in total. The van der Waals surface area contributed by atoms with Crippen LogP contribution >= 0.6 is 12.6 Å². The zero-order chi connectivity index (χ0) is 7.84. The van der Waals surface area contributed by atoms with Gasteiger partial charge in [-0.2, -0.15) is 0 Å². The van der Waals surface area contributed by atoms with Crippen LogP contribution in [0.25, 0.3) is 5.78 Å². The first-order valence-electron chi connectivity index (χ1n) is 2.89. The van der Waals surface area contributed by atoms with E-state index in [4.69, 9.17) is 0 Å². The molecular formula is C5H4N4OS. The summed E-state index contributed by atoms with van der Waals surface area (Å²) in [6.45, 7) is 0. The smallest absolute Gasteiger partial charge is 0.253 e. The Morgan fingerprint density at radius 1 is 1.64 bits per heavy atom. The predicted octanol–water partition coefficient (Wildman–Crippen LogP) is -0.294. The summed E-state index contributed by atoms with van der Waals surface area (Å²) in [6, 6.07) is 1.36. The van der Waals surface area contributed by atoms with Gasteiger partial charge in [0.25, 0.3) is 5.56 Å². The summed E-state index contributed by atoms with van der Waals surface area (Å²) >= 11 is 4.05. The van der Waals surface area contributed by atoms with Gasteiger partial charge >= 0.3 is 0 Å². The third kappa shape index (κ3) is 0.911. The Morgan fingerprint density at radius 2 is 2.45 bits per heavy atom.